The Kier molecular flexibility index (Phi) is 6.77. The van der Waals surface area contributed by atoms with Crippen molar-refractivity contribution < 1.29 is 59.5 Å². The van der Waals surface area contributed by atoms with E-state index in [9.17, 15) is 35.4 Å². The number of benzene rings is 1. The summed E-state index contributed by atoms with van der Waals surface area (Å²) in [6.45, 7) is -1.33. The average Bonchev–Trinajstić information content (AvgIpc) is 3.03. The third-order valence-corrected chi connectivity index (χ3v) is 4.61. The predicted molar refractivity (Wildman–Crippen MR) is 94.1 cm³/mol. The van der Waals surface area contributed by atoms with Crippen LogP contribution < -0.4 is 9.47 Å². The Labute approximate surface area is 169 Å². The van der Waals surface area contributed by atoms with Gasteiger partial charge in [-0.3, -0.25) is 0 Å². The number of cyclic esters (lactones) is 1. The summed E-state index contributed by atoms with van der Waals surface area (Å²) >= 11 is 0. The molecule has 2 heterocycles. The van der Waals surface area contributed by atoms with E-state index in [1.54, 1.807) is 0 Å². The number of carbonyl (C=O) groups excluding carboxylic acids is 1. The third-order valence-electron chi connectivity index (χ3n) is 4.61. The van der Waals surface area contributed by atoms with Gasteiger partial charge >= 0.3 is 5.97 Å². The van der Waals surface area contributed by atoms with Crippen molar-refractivity contribution in [2.45, 2.75) is 42.9 Å². The molecule has 7 N–H and O–H groups in total. The molecule has 0 amide bonds. The Morgan fingerprint density at radius 3 is 2.23 bits per heavy atom. The molecule has 30 heavy (non-hydrogen) atoms. The van der Waals surface area contributed by atoms with Crippen molar-refractivity contribution in [3.05, 3.63) is 35.8 Å². The van der Waals surface area contributed by atoms with Crippen LogP contribution in [0.1, 0.15) is 0 Å². The zero-order valence-corrected chi connectivity index (χ0v) is 15.4. The van der Waals surface area contributed by atoms with Gasteiger partial charge in [-0.25, -0.2) is 4.79 Å². The fourth-order valence-electron chi connectivity index (χ4n) is 2.93. The second-order valence-electron chi connectivity index (χ2n) is 6.68. The lowest BCUT2D eigenvalue weighted by Crippen LogP contribution is -2.60. The Hall–Kier alpha value is -2.45. The molecule has 166 valence electrons. The lowest BCUT2D eigenvalue weighted by Gasteiger charge is -2.39. The van der Waals surface area contributed by atoms with Crippen LogP contribution in [0.3, 0.4) is 0 Å². The van der Waals surface area contributed by atoms with Crippen LogP contribution in [0.5, 0.6) is 11.5 Å². The van der Waals surface area contributed by atoms with Gasteiger partial charge in [-0.2, -0.15) is 0 Å². The molecule has 1 aromatic rings. The van der Waals surface area contributed by atoms with Gasteiger partial charge in [0.2, 0.25) is 12.0 Å². The second kappa shape index (κ2) is 9.14. The molecule has 7 atom stereocenters. The van der Waals surface area contributed by atoms with E-state index in [1.165, 1.54) is 24.3 Å². The summed E-state index contributed by atoms with van der Waals surface area (Å²) in [5.41, 5.74) is 0. The van der Waals surface area contributed by atoms with Crippen molar-refractivity contribution in [1.82, 2.24) is 0 Å². The molecule has 3 rings (SSSR count). The fraction of sp³-hybridized carbons (Fsp3) is 0.500. The van der Waals surface area contributed by atoms with Gasteiger partial charge in [-0.05, 0) is 24.3 Å². The number of aliphatic hydroxyl groups excluding tert-OH is 7. The first kappa shape index (κ1) is 22.2. The van der Waals surface area contributed by atoms with Crippen molar-refractivity contribution in [1.29, 1.82) is 0 Å². The van der Waals surface area contributed by atoms with Gasteiger partial charge in [0.05, 0.1) is 13.2 Å². The van der Waals surface area contributed by atoms with Crippen molar-refractivity contribution in [3.63, 3.8) is 0 Å². The van der Waals surface area contributed by atoms with E-state index in [1.807, 2.05) is 0 Å². The minimum Gasteiger partial charge on any atom is -0.499 e. The number of rotatable bonds is 7. The predicted octanol–water partition coefficient (Wildman–Crippen LogP) is -2.71. The standard InChI is InChI=1S/C18H22O12/c19-5-9(21)15-16(14(25)17(26)30-15)27-7-1-3-8(4-2-7)28-18-13(24)12(23)11(22)10(6-20)29-18/h1-4,9-13,15,18-25H,5-6H2/t9-,10?,11?,12?,13?,15?,18?/m0/s1. The summed E-state index contributed by atoms with van der Waals surface area (Å²) in [5.74, 6) is -2.04. The molecule has 0 aromatic heterocycles. The summed E-state index contributed by atoms with van der Waals surface area (Å²) < 4.78 is 20.8. The van der Waals surface area contributed by atoms with E-state index < -0.39 is 67.9 Å². The molecule has 0 spiro atoms. The van der Waals surface area contributed by atoms with Crippen molar-refractivity contribution in [3.8, 4) is 11.5 Å². The van der Waals surface area contributed by atoms with Crippen LogP contribution >= 0.6 is 0 Å². The molecule has 12 heteroatoms. The first-order valence-corrected chi connectivity index (χ1v) is 8.95. The largest absolute Gasteiger partial charge is 0.499 e. The minimum atomic E-state index is -1.59. The second-order valence-corrected chi connectivity index (χ2v) is 6.68. The van der Waals surface area contributed by atoms with Crippen LogP contribution in [0.15, 0.2) is 35.8 Å². The molecule has 0 radical (unpaired) electrons. The maximum Gasteiger partial charge on any atom is 0.378 e. The average molecular weight is 430 g/mol. The lowest BCUT2D eigenvalue weighted by atomic mass is 9.99. The highest BCUT2D eigenvalue weighted by Crippen LogP contribution is 2.29. The maximum absolute atomic E-state index is 11.5. The number of esters is 1. The Morgan fingerprint density at radius 2 is 1.63 bits per heavy atom. The topological polar surface area (TPSA) is 196 Å². The molecule has 2 aliphatic heterocycles. The normalized spacial score (nSPS) is 32.7. The molecule has 6 unspecified atom stereocenters. The van der Waals surface area contributed by atoms with E-state index in [2.05, 4.69) is 0 Å². The Morgan fingerprint density at radius 1 is 1.00 bits per heavy atom. The summed E-state index contributed by atoms with van der Waals surface area (Å²) in [4.78, 5) is 11.5. The van der Waals surface area contributed by atoms with Crippen molar-refractivity contribution >= 4 is 5.97 Å². The fourth-order valence-corrected chi connectivity index (χ4v) is 2.93. The van der Waals surface area contributed by atoms with Crippen LogP contribution in [0.2, 0.25) is 0 Å². The first-order valence-electron chi connectivity index (χ1n) is 8.95. The number of hydrogen-bond acceptors (Lipinski definition) is 12. The van der Waals surface area contributed by atoms with Gasteiger partial charge in [0.1, 0.15) is 42.0 Å². The zero-order chi connectivity index (χ0) is 22.0. The molecule has 1 aromatic carbocycles. The zero-order valence-electron chi connectivity index (χ0n) is 15.4. The molecular formula is C18H22O12. The number of hydrogen-bond donors (Lipinski definition) is 7. The van der Waals surface area contributed by atoms with E-state index in [-0.39, 0.29) is 17.3 Å². The number of carbonyl (C=O) groups is 1. The lowest BCUT2D eigenvalue weighted by molar-refractivity contribution is -0.277. The molecule has 12 nitrogen and oxygen atoms in total. The van der Waals surface area contributed by atoms with Crippen LogP contribution in [0.25, 0.3) is 0 Å². The molecular weight excluding hydrogens is 408 g/mol. The molecule has 0 bridgehead atoms. The number of ether oxygens (including phenoxy) is 4. The van der Waals surface area contributed by atoms with Crippen molar-refractivity contribution in [2.24, 2.45) is 0 Å². The van der Waals surface area contributed by atoms with Crippen molar-refractivity contribution in [2.75, 3.05) is 13.2 Å². The minimum absolute atomic E-state index is 0.117. The van der Waals surface area contributed by atoms with E-state index in [0.717, 1.165) is 0 Å². The highest BCUT2D eigenvalue weighted by atomic mass is 16.7. The third kappa shape index (κ3) is 4.34. The number of aliphatic hydroxyl groups is 7. The summed E-state index contributed by atoms with van der Waals surface area (Å²) in [6, 6.07) is 5.49. The Balaban J connectivity index is 1.69. The maximum atomic E-state index is 11.5. The van der Waals surface area contributed by atoms with Crippen LogP contribution in [0, 0.1) is 0 Å². The molecule has 0 aliphatic carbocycles. The van der Waals surface area contributed by atoms with Gasteiger partial charge in [-0.1, -0.05) is 0 Å². The van der Waals surface area contributed by atoms with Gasteiger partial charge in [0.15, 0.2) is 11.9 Å². The summed E-state index contributed by atoms with van der Waals surface area (Å²) in [5, 5.41) is 67.3. The molecule has 2 aliphatic rings. The highest BCUT2D eigenvalue weighted by molar-refractivity contribution is 5.89. The molecule has 0 saturated carbocycles. The van der Waals surface area contributed by atoms with Gasteiger partial charge in [0, 0.05) is 0 Å². The molecule has 1 saturated heterocycles. The van der Waals surface area contributed by atoms with E-state index in [0.29, 0.717) is 0 Å². The van der Waals surface area contributed by atoms with Crippen LogP contribution in [0.4, 0.5) is 0 Å². The Bertz CT molecular complexity index is 776. The SMILES string of the molecule is O=C1OC([C@@H](O)CO)C(Oc2ccc(OC3OC(CO)C(O)C(O)C3O)cc2)=C1O. The first-order chi connectivity index (χ1) is 14.3. The van der Waals surface area contributed by atoms with Crippen LogP contribution in [-0.4, -0.2) is 97.8 Å². The monoisotopic (exact) mass is 430 g/mol. The van der Waals surface area contributed by atoms with Crippen LogP contribution in [-0.2, 0) is 14.3 Å². The van der Waals surface area contributed by atoms with E-state index in [4.69, 9.17) is 24.1 Å². The van der Waals surface area contributed by atoms with Gasteiger partial charge < -0.3 is 54.7 Å². The van der Waals surface area contributed by atoms with E-state index >= 15 is 0 Å². The van der Waals surface area contributed by atoms with Gasteiger partial charge in [-0.15, -0.1) is 0 Å². The van der Waals surface area contributed by atoms with Gasteiger partial charge in [0.25, 0.3) is 0 Å². The quantitative estimate of drug-likeness (QED) is 0.221. The summed E-state index contributed by atoms with van der Waals surface area (Å²) in [7, 11) is 0. The highest BCUT2D eigenvalue weighted by Gasteiger charge is 2.45. The molecule has 1 fully saturated rings. The summed E-state index contributed by atoms with van der Waals surface area (Å²) in [6.07, 6.45) is -10.1. The smallest absolute Gasteiger partial charge is 0.378 e.